The molecule has 2 rings (SSSR count). The number of phenolic OH excluding ortho intramolecular Hbond substituents is 1. The molecule has 1 heterocycles. The molecule has 20 heavy (non-hydrogen) atoms. The minimum absolute atomic E-state index is 0.0135. The van der Waals surface area contributed by atoms with Gasteiger partial charge in [0, 0.05) is 31.5 Å². The van der Waals surface area contributed by atoms with Crippen molar-refractivity contribution in [2.45, 2.75) is 19.8 Å². The van der Waals surface area contributed by atoms with E-state index in [1.807, 2.05) is 0 Å². The lowest BCUT2D eigenvalue weighted by Gasteiger charge is -2.31. The zero-order valence-electron chi connectivity index (χ0n) is 11.2. The second-order valence-electron chi connectivity index (χ2n) is 4.93. The molecule has 1 aliphatic heterocycles. The molecule has 0 radical (unpaired) electrons. The first-order valence-electron chi connectivity index (χ1n) is 6.49. The van der Waals surface area contributed by atoms with E-state index in [0.717, 1.165) is 12.1 Å². The molecule has 5 nitrogen and oxygen atoms in total. The first-order valence-corrected chi connectivity index (χ1v) is 6.49. The van der Waals surface area contributed by atoms with Crippen molar-refractivity contribution in [3.8, 4) is 5.75 Å². The minimum Gasteiger partial charge on any atom is -0.507 e. The molecule has 0 unspecified atom stereocenters. The Morgan fingerprint density at radius 2 is 2.05 bits per heavy atom. The predicted molar refractivity (Wildman–Crippen MR) is 71.4 cm³/mol. The first-order chi connectivity index (χ1) is 9.52. The van der Waals surface area contributed by atoms with Gasteiger partial charge in [-0.05, 0) is 31.0 Å². The normalized spacial score (nSPS) is 17.3. The first kappa shape index (κ1) is 14.3. The fourth-order valence-electron chi connectivity index (χ4n) is 2.54. The van der Waals surface area contributed by atoms with Gasteiger partial charge in [-0.15, -0.1) is 0 Å². The molecule has 1 aromatic rings. The van der Waals surface area contributed by atoms with Gasteiger partial charge in [-0.2, -0.15) is 0 Å². The summed E-state index contributed by atoms with van der Waals surface area (Å²) in [6.45, 7) is 2.64. The molecule has 1 amide bonds. The van der Waals surface area contributed by atoms with Gasteiger partial charge in [-0.25, -0.2) is 4.39 Å². The van der Waals surface area contributed by atoms with Crippen molar-refractivity contribution >= 4 is 11.6 Å². The number of amides is 1. The number of nitrogens with zero attached hydrogens (tertiary/aromatic N) is 2. The Hall–Kier alpha value is -2.11. The fourth-order valence-corrected chi connectivity index (χ4v) is 2.54. The number of carbonyl (C=O) groups is 1. The number of hydrogen-bond acceptors (Lipinski definition) is 4. The molecule has 1 fully saturated rings. The van der Waals surface area contributed by atoms with Gasteiger partial charge in [0.1, 0.15) is 11.6 Å². The topological polar surface area (TPSA) is 73.1 Å². The SMILES string of the molecule is CC(=O)N1CCC(C(=NO)c2cc(F)ccc2O)CC1. The lowest BCUT2D eigenvalue weighted by molar-refractivity contribution is -0.129. The minimum atomic E-state index is -0.500. The van der Waals surface area contributed by atoms with E-state index in [-0.39, 0.29) is 28.8 Å². The molecular weight excluding hydrogens is 263 g/mol. The monoisotopic (exact) mass is 280 g/mol. The molecule has 0 aliphatic carbocycles. The molecule has 1 aliphatic rings. The summed E-state index contributed by atoms with van der Waals surface area (Å²) in [7, 11) is 0. The van der Waals surface area contributed by atoms with Crippen molar-refractivity contribution in [2.24, 2.45) is 11.1 Å². The van der Waals surface area contributed by atoms with Crippen LogP contribution < -0.4 is 0 Å². The lowest BCUT2D eigenvalue weighted by atomic mass is 9.87. The van der Waals surface area contributed by atoms with Crippen LogP contribution in [-0.4, -0.2) is 39.9 Å². The molecule has 0 saturated carbocycles. The van der Waals surface area contributed by atoms with Gasteiger partial charge in [-0.3, -0.25) is 4.79 Å². The quantitative estimate of drug-likeness (QED) is 0.494. The van der Waals surface area contributed by atoms with Gasteiger partial charge in [0.25, 0.3) is 0 Å². The Labute approximate surface area is 116 Å². The zero-order chi connectivity index (χ0) is 14.7. The number of hydrogen-bond donors (Lipinski definition) is 2. The number of benzene rings is 1. The van der Waals surface area contributed by atoms with Crippen LogP contribution >= 0.6 is 0 Å². The van der Waals surface area contributed by atoms with E-state index in [9.17, 15) is 19.5 Å². The van der Waals surface area contributed by atoms with Crippen molar-refractivity contribution in [1.29, 1.82) is 0 Å². The number of aromatic hydroxyl groups is 1. The maximum Gasteiger partial charge on any atom is 0.219 e. The summed E-state index contributed by atoms with van der Waals surface area (Å²) < 4.78 is 13.3. The highest BCUT2D eigenvalue weighted by atomic mass is 19.1. The highest BCUT2D eigenvalue weighted by Crippen LogP contribution is 2.27. The molecule has 1 saturated heterocycles. The molecule has 0 spiro atoms. The zero-order valence-corrected chi connectivity index (χ0v) is 11.2. The molecule has 0 bridgehead atoms. The Balaban J connectivity index is 2.18. The van der Waals surface area contributed by atoms with E-state index in [2.05, 4.69) is 5.16 Å². The van der Waals surface area contributed by atoms with Crippen LogP contribution in [0, 0.1) is 11.7 Å². The Kier molecular flexibility index (Phi) is 4.22. The van der Waals surface area contributed by atoms with Crippen molar-refractivity contribution in [3.63, 3.8) is 0 Å². The van der Waals surface area contributed by atoms with Gasteiger partial charge < -0.3 is 15.2 Å². The van der Waals surface area contributed by atoms with E-state index in [1.165, 1.54) is 13.0 Å². The molecule has 1 aromatic carbocycles. The molecule has 6 heteroatoms. The van der Waals surface area contributed by atoms with E-state index in [4.69, 9.17) is 0 Å². The summed E-state index contributed by atoms with van der Waals surface area (Å²) in [4.78, 5) is 13.0. The predicted octanol–water partition coefficient (Wildman–Crippen LogP) is 1.97. The number of piperidine rings is 1. The third kappa shape index (κ3) is 2.89. The smallest absolute Gasteiger partial charge is 0.219 e. The fraction of sp³-hybridized carbons (Fsp3) is 0.429. The highest BCUT2D eigenvalue weighted by Gasteiger charge is 2.27. The van der Waals surface area contributed by atoms with E-state index in [0.29, 0.717) is 25.9 Å². The number of oxime groups is 1. The standard InChI is InChI=1S/C14H17FN2O3/c1-9(18)17-6-4-10(5-7-17)14(16-20)12-8-11(15)2-3-13(12)19/h2-3,8,10,19-20H,4-7H2,1H3. The van der Waals surface area contributed by atoms with Gasteiger partial charge in [-0.1, -0.05) is 5.16 Å². The second kappa shape index (κ2) is 5.90. The van der Waals surface area contributed by atoms with Gasteiger partial charge in [0.2, 0.25) is 5.91 Å². The number of rotatable bonds is 2. The molecule has 0 atom stereocenters. The van der Waals surface area contributed by atoms with Crippen molar-refractivity contribution in [3.05, 3.63) is 29.6 Å². The highest BCUT2D eigenvalue weighted by molar-refractivity contribution is 6.04. The van der Waals surface area contributed by atoms with E-state index >= 15 is 0 Å². The third-order valence-electron chi connectivity index (χ3n) is 3.67. The van der Waals surface area contributed by atoms with Gasteiger partial charge >= 0.3 is 0 Å². The number of likely N-dealkylation sites (tertiary alicyclic amines) is 1. The summed E-state index contributed by atoms with van der Waals surface area (Å²) >= 11 is 0. The Morgan fingerprint density at radius 3 is 2.60 bits per heavy atom. The number of halogens is 1. The maximum absolute atomic E-state index is 13.3. The molecule has 2 N–H and O–H groups in total. The van der Waals surface area contributed by atoms with Crippen LogP contribution in [0.15, 0.2) is 23.4 Å². The van der Waals surface area contributed by atoms with E-state index in [1.54, 1.807) is 4.90 Å². The lowest BCUT2D eigenvalue weighted by Crippen LogP contribution is -2.39. The van der Waals surface area contributed by atoms with Crippen LogP contribution in [0.2, 0.25) is 0 Å². The number of phenols is 1. The largest absolute Gasteiger partial charge is 0.507 e. The van der Waals surface area contributed by atoms with Crippen LogP contribution in [-0.2, 0) is 4.79 Å². The molecule has 108 valence electrons. The number of carbonyl (C=O) groups excluding carboxylic acids is 1. The van der Waals surface area contributed by atoms with Crippen LogP contribution in [0.4, 0.5) is 4.39 Å². The van der Waals surface area contributed by atoms with Crippen LogP contribution in [0.1, 0.15) is 25.3 Å². The Morgan fingerprint density at radius 1 is 1.40 bits per heavy atom. The summed E-state index contributed by atoms with van der Waals surface area (Å²) in [6, 6.07) is 3.54. The second-order valence-corrected chi connectivity index (χ2v) is 4.93. The summed E-state index contributed by atoms with van der Waals surface area (Å²) in [5.41, 5.74) is 0.471. The summed E-state index contributed by atoms with van der Waals surface area (Å²) in [5.74, 6) is -0.712. The third-order valence-corrected chi connectivity index (χ3v) is 3.67. The maximum atomic E-state index is 13.3. The summed E-state index contributed by atoms with van der Waals surface area (Å²) in [5, 5.41) is 22.2. The molecular formula is C14H17FN2O3. The van der Waals surface area contributed by atoms with E-state index < -0.39 is 5.82 Å². The van der Waals surface area contributed by atoms with Gasteiger partial charge in [0.05, 0.1) is 5.71 Å². The van der Waals surface area contributed by atoms with Crippen molar-refractivity contribution < 1.29 is 19.5 Å². The average Bonchev–Trinajstić information content (AvgIpc) is 2.44. The van der Waals surface area contributed by atoms with Gasteiger partial charge in [0.15, 0.2) is 0 Å². The van der Waals surface area contributed by atoms with Crippen LogP contribution in [0.3, 0.4) is 0 Å². The van der Waals surface area contributed by atoms with Crippen LogP contribution in [0.5, 0.6) is 5.75 Å². The van der Waals surface area contributed by atoms with Crippen molar-refractivity contribution in [2.75, 3.05) is 13.1 Å². The average molecular weight is 280 g/mol. The molecule has 0 aromatic heterocycles. The Bertz CT molecular complexity index is 537. The van der Waals surface area contributed by atoms with Crippen LogP contribution in [0.25, 0.3) is 0 Å². The van der Waals surface area contributed by atoms with Crippen molar-refractivity contribution in [1.82, 2.24) is 4.90 Å². The summed E-state index contributed by atoms with van der Waals surface area (Å²) in [6.07, 6.45) is 1.24.